The van der Waals surface area contributed by atoms with Gasteiger partial charge in [-0.25, -0.2) is 0 Å². The Balaban J connectivity index is 1.95. The Bertz CT molecular complexity index is 632. The zero-order valence-corrected chi connectivity index (χ0v) is 11.3. The average Bonchev–Trinajstić information content (AvgIpc) is 2.40. The number of ether oxygens (including phenoxy) is 1. The van der Waals surface area contributed by atoms with Gasteiger partial charge < -0.3 is 4.74 Å². The molecular weight excluding hydrogens is 260 g/mol. The second-order valence-corrected chi connectivity index (χ2v) is 5.22. The summed E-state index contributed by atoms with van der Waals surface area (Å²) < 4.78 is 5.90. The molecule has 0 radical (unpaired) electrons. The predicted molar refractivity (Wildman–Crippen MR) is 74.9 cm³/mol. The molecule has 1 heterocycles. The Morgan fingerprint density at radius 1 is 1.16 bits per heavy atom. The van der Waals surface area contributed by atoms with Crippen LogP contribution in [0.3, 0.4) is 0 Å². The predicted octanol–water partition coefficient (Wildman–Crippen LogP) is 4.35. The number of ketones is 1. The molecule has 0 aliphatic carbocycles. The van der Waals surface area contributed by atoms with Crippen LogP contribution in [0.2, 0.25) is 5.02 Å². The highest BCUT2D eigenvalue weighted by atomic mass is 35.5. The van der Waals surface area contributed by atoms with Crippen LogP contribution >= 0.6 is 11.6 Å². The van der Waals surface area contributed by atoms with Gasteiger partial charge >= 0.3 is 0 Å². The van der Waals surface area contributed by atoms with Crippen molar-refractivity contribution in [1.29, 1.82) is 0 Å². The highest BCUT2D eigenvalue weighted by Crippen LogP contribution is 2.36. The third-order valence-corrected chi connectivity index (χ3v) is 3.57. The van der Waals surface area contributed by atoms with Crippen molar-refractivity contribution in [2.75, 3.05) is 0 Å². The van der Waals surface area contributed by atoms with E-state index in [9.17, 15) is 4.79 Å². The molecule has 0 fully saturated rings. The number of benzene rings is 2. The van der Waals surface area contributed by atoms with Crippen molar-refractivity contribution in [2.45, 2.75) is 19.4 Å². The molecule has 0 bridgehead atoms. The zero-order valence-electron chi connectivity index (χ0n) is 10.5. The number of rotatable bonds is 1. The molecule has 0 unspecified atom stereocenters. The maximum atomic E-state index is 12.1. The van der Waals surface area contributed by atoms with Crippen molar-refractivity contribution in [1.82, 2.24) is 0 Å². The molecule has 1 atom stereocenters. The fraction of sp³-hybridized carbons (Fsp3) is 0.188. The maximum absolute atomic E-state index is 12.1. The average molecular weight is 273 g/mol. The van der Waals surface area contributed by atoms with Gasteiger partial charge in [0, 0.05) is 5.02 Å². The van der Waals surface area contributed by atoms with Gasteiger partial charge in [-0.3, -0.25) is 4.79 Å². The van der Waals surface area contributed by atoms with Crippen molar-refractivity contribution in [3.05, 3.63) is 64.2 Å². The van der Waals surface area contributed by atoms with Crippen molar-refractivity contribution in [2.24, 2.45) is 0 Å². The van der Waals surface area contributed by atoms with E-state index < -0.39 is 0 Å². The van der Waals surface area contributed by atoms with Crippen LogP contribution in [-0.2, 0) is 0 Å². The van der Waals surface area contributed by atoms with Crippen LogP contribution in [0.15, 0.2) is 42.5 Å². The highest BCUT2D eigenvalue weighted by Gasteiger charge is 2.27. The molecule has 3 heteroatoms. The molecule has 3 rings (SSSR count). The number of halogens is 1. The number of carbonyl (C=O) groups is 1. The molecule has 0 amide bonds. The molecular formula is C16H13ClO2. The molecule has 0 N–H and O–H groups in total. The second kappa shape index (κ2) is 4.71. The first-order valence-electron chi connectivity index (χ1n) is 6.19. The summed E-state index contributed by atoms with van der Waals surface area (Å²) >= 11 is 5.90. The summed E-state index contributed by atoms with van der Waals surface area (Å²) in [6, 6.07) is 13.2. The van der Waals surface area contributed by atoms with Gasteiger partial charge in [-0.1, -0.05) is 41.4 Å². The van der Waals surface area contributed by atoms with E-state index in [1.54, 1.807) is 18.2 Å². The number of fused-ring (bicyclic) bond motifs is 1. The topological polar surface area (TPSA) is 26.3 Å². The molecule has 0 spiro atoms. The minimum absolute atomic E-state index is 0.0781. The highest BCUT2D eigenvalue weighted by molar-refractivity contribution is 6.31. The van der Waals surface area contributed by atoms with Gasteiger partial charge in [0.25, 0.3) is 0 Å². The first kappa shape index (κ1) is 12.2. The van der Waals surface area contributed by atoms with E-state index in [2.05, 4.69) is 0 Å². The largest absolute Gasteiger partial charge is 0.484 e. The molecule has 2 aromatic carbocycles. The first-order valence-corrected chi connectivity index (χ1v) is 6.57. The van der Waals surface area contributed by atoms with Gasteiger partial charge in [0.05, 0.1) is 12.0 Å². The summed E-state index contributed by atoms with van der Waals surface area (Å²) in [6.45, 7) is 2.04. The van der Waals surface area contributed by atoms with Gasteiger partial charge in [-0.2, -0.15) is 0 Å². The Hall–Kier alpha value is -1.80. The van der Waals surface area contributed by atoms with E-state index in [4.69, 9.17) is 16.3 Å². The second-order valence-electron chi connectivity index (χ2n) is 4.78. The monoisotopic (exact) mass is 272 g/mol. The maximum Gasteiger partial charge on any atom is 0.170 e. The lowest BCUT2D eigenvalue weighted by atomic mass is 9.96. The zero-order chi connectivity index (χ0) is 13.4. The Morgan fingerprint density at radius 2 is 1.89 bits per heavy atom. The third kappa shape index (κ3) is 2.36. The lowest BCUT2D eigenvalue weighted by molar-refractivity contribution is 0.0850. The number of carbonyl (C=O) groups excluding carboxylic acids is 1. The summed E-state index contributed by atoms with van der Waals surface area (Å²) in [5, 5.41) is 0.560. The van der Waals surface area contributed by atoms with Gasteiger partial charge in [0.2, 0.25) is 0 Å². The van der Waals surface area contributed by atoms with Crippen LogP contribution in [0.5, 0.6) is 5.75 Å². The molecule has 1 aliphatic rings. The number of hydrogen-bond donors (Lipinski definition) is 0. The quantitative estimate of drug-likeness (QED) is 0.771. The summed E-state index contributed by atoms with van der Waals surface area (Å²) in [5.74, 6) is 0.695. The summed E-state index contributed by atoms with van der Waals surface area (Å²) in [6.07, 6.45) is 0.151. The Kier molecular flexibility index (Phi) is 3.03. The van der Waals surface area contributed by atoms with Crippen LogP contribution in [0, 0.1) is 6.92 Å². The fourth-order valence-corrected chi connectivity index (χ4v) is 2.44. The normalized spacial score (nSPS) is 17.8. The lowest BCUT2D eigenvalue weighted by Gasteiger charge is -2.25. The Morgan fingerprint density at radius 3 is 2.63 bits per heavy atom. The van der Waals surface area contributed by atoms with E-state index in [1.165, 1.54) is 5.56 Å². The van der Waals surface area contributed by atoms with E-state index in [-0.39, 0.29) is 11.9 Å². The van der Waals surface area contributed by atoms with Crippen LogP contribution < -0.4 is 4.74 Å². The van der Waals surface area contributed by atoms with Crippen molar-refractivity contribution < 1.29 is 9.53 Å². The Labute approximate surface area is 117 Å². The molecule has 96 valence electrons. The smallest absolute Gasteiger partial charge is 0.170 e. The van der Waals surface area contributed by atoms with Crippen LogP contribution in [0.4, 0.5) is 0 Å². The molecule has 19 heavy (non-hydrogen) atoms. The van der Waals surface area contributed by atoms with Crippen molar-refractivity contribution in [3.63, 3.8) is 0 Å². The van der Waals surface area contributed by atoms with Gasteiger partial charge in [-0.15, -0.1) is 0 Å². The van der Waals surface area contributed by atoms with Crippen molar-refractivity contribution >= 4 is 17.4 Å². The summed E-state index contributed by atoms with van der Waals surface area (Å²) in [5.41, 5.74) is 2.80. The van der Waals surface area contributed by atoms with Crippen LogP contribution in [0.25, 0.3) is 0 Å². The minimum Gasteiger partial charge on any atom is -0.484 e. The minimum atomic E-state index is -0.207. The van der Waals surface area contributed by atoms with E-state index in [0.717, 1.165) is 5.56 Å². The number of Topliss-reactive ketones (excluding diaryl/α,β-unsaturated/α-hetero) is 1. The molecule has 0 saturated heterocycles. The molecule has 1 aliphatic heterocycles. The summed E-state index contributed by atoms with van der Waals surface area (Å²) in [4.78, 5) is 12.1. The lowest BCUT2D eigenvalue weighted by Crippen LogP contribution is -2.20. The van der Waals surface area contributed by atoms with Crippen molar-refractivity contribution in [3.8, 4) is 5.75 Å². The number of hydrogen-bond acceptors (Lipinski definition) is 2. The van der Waals surface area contributed by atoms with E-state index >= 15 is 0 Å². The first-order chi connectivity index (χ1) is 9.13. The van der Waals surface area contributed by atoms with E-state index in [0.29, 0.717) is 22.8 Å². The summed E-state index contributed by atoms with van der Waals surface area (Å²) in [7, 11) is 0. The van der Waals surface area contributed by atoms with Gasteiger partial charge in [0.15, 0.2) is 5.78 Å². The SMILES string of the molecule is Cc1ccc([C@H]2CC(=O)c3cc(Cl)ccc3O2)cc1. The number of aryl methyl sites for hydroxylation is 1. The van der Waals surface area contributed by atoms with Crippen LogP contribution in [0.1, 0.15) is 34.0 Å². The standard InChI is InChI=1S/C16H13ClO2/c1-10-2-4-11(5-3-10)16-9-14(18)13-8-12(17)6-7-15(13)19-16/h2-8,16H,9H2,1H3/t16-/m1/s1. The van der Waals surface area contributed by atoms with Crippen LogP contribution in [-0.4, -0.2) is 5.78 Å². The third-order valence-electron chi connectivity index (χ3n) is 3.33. The van der Waals surface area contributed by atoms with Gasteiger partial charge in [-0.05, 0) is 30.7 Å². The molecule has 2 nitrogen and oxygen atoms in total. The fourth-order valence-electron chi connectivity index (χ4n) is 2.26. The molecule has 0 saturated carbocycles. The van der Waals surface area contributed by atoms with E-state index in [1.807, 2.05) is 31.2 Å². The van der Waals surface area contributed by atoms with Gasteiger partial charge in [0.1, 0.15) is 11.9 Å². The molecule has 2 aromatic rings. The molecule has 0 aromatic heterocycles.